The lowest BCUT2D eigenvalue weighted by Crippen LogP contribution is -2.36. The SMILES string of the molecule is O=S(=O)(Nc1nc(N2CCOCC2)ns1)c1c(Cl)cc(Cl)cc1Cl. The molecule has 3 rings (SSSR count). The molecule has 0 bridgehead atoms. The van der Waals surface area contributed by atoms with Crippen molar-refractivity contribution in [1.82, 2.24) is 9.36 Å². The molecule has 130 valence electrons. The molecule has 12 heteroatoms. The molecule has 0 aliphatic carbocycles. The van der Waals surface area contributed by atoms with Gasteiger partial charge in [-0.3, -0.25) is 4.72 Å². The van der Waals surface area contributed by atoms with Gasteiger partial charge >= 0.3 is 0 Å². The number of rotatable bonds is 4. The minimum atomic E-state index is -4.02. The molecule has 0 atom stereocenters. The van der Waals surface area contributed by atoms with E-state index in [2.05, 4.69) is 14.1 Å². The summed E-state index contributed by atoms with van der Waals surface area (Å²) in [5.74, 6) is 0.453. The van der Waals surface area contributed by atoms with Gasteiger partial charge in [-0.15, -0.1) is 0 Å². The molecule has 2 heterocycles. The fraction of sp³-hybridized carbons (Fsp3) is 0.333. The second-order valence-electron chi connectivity index (χ2n) is 4.80. The Morgan fingerprint density at radius 2 is 1.79 bits per heavy atom. The smallest absolute Gasteiger partial charge is 0.266 e. The Labute approximate surface area is 157 Å². The van der Waals surface area contributed by atoms with Gasteiger partial charge in [0, 0.05) is 29.6 Å². The number of hydrogen-bond acceptors (Lipinski definition) is 7. The van der Waals surface area contributed by atoms with Gasteiger partial charge in [-0.25, -0.2) is 8.42 Å². The molecule has 1 aliphatic heterocycles. The van der Waals surface area contributed by atoms with Crippen LogP contribution in [0.2, 0.25) is 15.1 Å². The minimum absolute atomic E-state index is 0.0714. The third-order valence-corrected chi connectivity index (χ3v) is 6.39. The molecule has 0 radical (unpaired) electrons. The average Bonchev–Trinajstić information content (AvgIpc) is 2.94. The lowest BCUT2D eigenvalue weighted by Gasteiger charge is -2.25. The summed E-state index contributed by atoms with van der Waals surface area (Å²) in [5, 5.41) is 0.226. The van der Waals surface area contributed by atoms with Crippen LogP contribution in [0.1, 0.15) is 0 Å². The monoisotopic (exact) mass is 428 g/mol. The van der Waals surface area contributed by atoms with Crippen LogP contribution in [0.15, 0.2) is 17.0 Å². The van der Waals surface area contributed by atoms with E-state index in [0.29, 0.717) is 32.3 Å². The number of halogens is 3. The van der Waals surface area contributed by atoms with Crippen LogP contribution in [-0.2, 0) is 14.8 Å². The Morgan fingerprint density at radius 1 is 1.17 bits per heavy atom. The van der Waals surface area contributed by atoms with Crippen molar-refractivity contribution in [2.75, 3.05) is 35.9 Å². The summed E-state index contributed by atoms with van der Waals surface area (Å²) < 4.78 is 36.8. The minimum Gasteiger partial charge on any atom is -0.378 e. The maximum absolute atomic E-state index is 12.5. The van der Waals surface area contributed by atoms with Crippen molar-refractivity contribution in [1.29, 1.82) is 0 Å². The quantitative estimate of drug-likeness (QED) is 0.804. The molecule has 1 fully saturated rings. The summed E-state index contributed by atoms with van der Waals surface area (Å²) in [4.78, 5) is 5.86. The van der Waals surface area contributed by atoms with Crippen molar-refractivity contribution in [2.24, 2.45) is 0 Å². The molecule has 0 amide bonds. The van der Waals surface area contributed by atoms with Crippen molar-refractivity contribution in [3.05, 3.63) is 27.2 Å². The van der Waals surface area contributed by atoms with Crippen LogP contribution in [0.25, 0.3) is 0 Å². The third-order valence-electron chi connectivity index (χ3n) is 3.16. The van der Waals surface area contributed by atoms with E-state index in [0.717, 1.165) is 11.5 Å². The van der Waals surface area contributed by atoms with Crippen molar-refractivity contribution in [2.45, 2.75) is 4.90 Å². The van der Waals surface area contributed by atoms with Gasteiger partial charge in [-0.1, -0.05) is 34.8 Å². The first-order chi connectivity index (χ1) is 11.4. The van der Waals surface area contributed by atoms with E-state index in [9.17, 15) is 8.42 Å². The fourth-order valence-corrected chi connectivity index (χ4v) is 5.46. The third kappa shape index (κ3) is 3.87. The fourth-order valence-electron chi connectivity index (χ4n) is 2.10. The highest BCUT2D eigenvalue weighted by Crippen LogP contribution is 2.34. The largest absolute Gasteiger partial charge is 0.378 e. The highest BCUT2D eigenvalue weighted by Gasteiger charge is 2.25. The van der Waals surface area contributed by atoms with Gasteiger partial charge in [0.2, 0.25) is 11.1 Å². The maximum Gasteiger partial charge on any atom is 0.266 e. The molecule has 1 aliphatic rings. The van der Waals surface area contributed by atoms with Crippen LogP contribution >= 0.6 is 46.3 Å². The van der Waals surface area contributed by atoms with Gasteiger partial charge in [0.05, 0.1) is 23.3 Å². The first-order valence-electron chi connectivity index (χ1n) is 6.70. The van der Waals surface area contributed by atoms with Crippen LogP contribution in [0.4, 0.5) is 11.1 Å². The molecular formula is C12H11Cl3N4O3S2. The van der Waals surface area contributed by atoms with Crippen molar-refractivity contribution >= 4 is 67.4 Å². The lowest BCUT2D eigenvalue weighted by atomic mass is 10.4. The van der Waals surface area contributed by atoms with Gasteiger partial charge in [0.25, 0.3) is 10.0 Å². The summed E-state index contributed by atoms with van der Waals surface area (Å²) in [6, 6.07) is 2.62. The molecule has 24 heavy (non-hydrogen) atoms. The molecule has 1 aromatic heterocycles. The van der Waals surface area contributed by atoms with Gasteiger partial charge in [0.1, 0.15) is 4.90 Å². The second kappa shape index (κ2) is 7.19. The zero-order valence-corrected chi connectivity index (χ0v) is 15.9. The van der Waals surface area contributed by atoms with Crippen LogP contribution in [0, 0.1) is 0 Å². The average molecular weight is 430 g/mol. The van der Waals surface area contributed by atoms with E-state index in [1.807, 2.05) is 4.90 Å². The summed E-state index contributed by atoms with van der Waals surface area (Å²) >= 11 is 18.7. The number of nitrogens with one attached hydrogen (secondary N) is 1. The lowest BCUT2D eigenvalue weighted by molar-refractivity contribution is 0.122. The summed E-state index contributed by atoms with van der Waals surface area (Å²) in [5.41, 5.74) is 0. The van der Waals surface area contributed by atoms with Gasteiger partial charge < -0.3 is 9.64 Å². The summed E-state index contributed by atoms with van der Waals surface area (Å²) in [6.07, 6.45) is 0. The summed E-state index contributed by atoms with van der Waals surface area (Å²) in [6.45, 7) is 2.46. The van der Waals surface area contributed by atoms with Gasteiger partial charge in [0.15, 0.2) is 0 Å². The van der Waals surface area contributed by atoms with Crippen LogP contribution in [0.3, 0.4) is 0 Å². The normalized spacial score (nSPS) is 15.5. The molecular weight excluding hydrogens is 419 g/mol. The summed E-state index contributed by atoms with van der Waals surface area (Å²) in [7, 11) is -4.02. The van der Waals surface area contributed by atoms with E-state index in [1.54, 1.807) is 0 Å². The molecule has 0 unspecified atom stereocenters. The topological polar surface area (TPSA) is 84.4 Å². The molecule has 1 N–H and O–H groups in total. The molecule has 7 nitrogen and oxygen atoms in total. The van der Waals surface area contributed by atoms with E-state index in [-0.39, 0.29) is 25.1 Å². The Morgan fingerprint density at radius 3 is 2.42 bits per heavy atom. The first-order valence-corrected chi connectivity index (χ1v) is 10.1. The van der Waals surface area contributed by atoms with Crippen molar-refractivity contribution in [3.8, 4) is 0 Å². The Balaban J connectivity index is 1.84. The van der Waals surface area contributed by atoms with E-state index < -0.39 is 10.0 Å². The van der Waals surface area contributed by atoms with Gasteiger partial charge in [-0.2, -0.15) is 9.36 Å². The van der Waals surface area contributed by atoms with Crippen LogP contribution in [-0.4, -0.2) is 44.1 Å². The number of nitrogens with zero attached hydrogens (tertiary/aromatic N) is 3. The van der Waals surface area contributed by atoms with Crippen LogP contribution < -0.4 is 9.62 Å². The number of hydrogen-bond donors (Lipinski definition) is 1. The number of benzene rings is 1. The number of ether oxygens (including phenoxy) is 1. The Hall–Kier alpha value is -0.840. The highest BCUT2D eigenvalue weighted by molar-refractivity contribution is 7.93. The highest BCUT2D eigenvalue weighted by atomic mass is 35.5. The van der Waals surface area contributed by atoms with Crippen molar-refractivity contribution in [3.63, 3.8) is 0 Å². The van der Waals surface area contributed by atoms with Crippen LogP contribution in [0.5, 0.6) is 0 Å². The number of aromatic nitrogens is 2. The first kappa shape index (κ1) is 18.0. The number of morpholine rings is 1. The standard InChI is InChI=1S/C12H11Cl3N4O3S2/c13-7-5-8(14)10(9(15)6-7)24(20,21)18-12-16-11(17-23-12)19-1-3-22-4-2-19/h5-6H,1-4H2,(H,16,17,18). The van der Waals surface area contributed by atoms with E-state index >= 15 is 0 Å². The molecule has 1 aromatic carbocycles. The van der Waals surface area contributed by atoms with Gasteiger partial charge in [-0.05, 0) is 12.1 Å². The molecule has 0 spiro atoms. The zero-order chi connectivity index (χ0) is 17.3. The second-order valence-corrected chi connectivity index (χ2v) is 8.42. The maximum atomic E-state index is 12.5. The van der Waals surface area contributed by atoms with E-state index in [4.69, 9.17) is 39.5 Å². The molecule has 1 saturated heterocycles. The molecule has 2 aromatic rings. The van der Waals surface area contributed by atoms with E-state index in [1.165, 1.54) is 12.1 Å². The Bertz CT molecular complexity index is 830. The predicted octanol–water partition coefficient (Wildman–Crippen LogP) is 3.14. The van der Waals surface area contributed by atoms with Crippen molar-refractivity contribution < 1.29 is 13.2 Å². The Kier molecular flexibility index (Phi) is 5.38. The number of sulfonamides is 1. The predicted molar refractivity (Wildman–Crippen MR) is 95.2 cm³/mol. The number of anilines is 2. The molecule has 0 saturated carbocycles. The zero-order valence-electron chi connectivity index (χ0n) is 12.0.